The number of halogens is 2. The van der Waals surface area contributed by atoms with Crippen molar-refractivity contribution >= 4 is 56.0 Å². The topological polar surface area (TPSA) is 71.3 Å². The zero-order valence-corrected chi connectivity index (χ0v) is 21.8. The lowest BCUT2D eigenvalue weighted by Crippen LogP contribution is -2.13. The van der Waals surface area contributed by atoms with Gasteiger partial charge in [-0.3, -0.25) is 4.79 Å². The number of hydrogen-bond acceptors (Lipinski definition) is 4. The van der Waals surface area contributed by atoms with Crippen LogP contribution in [0.2, 0.25) is 5.02 Å². The highest BCUT2D eigenvalue weighted by molar-refractivity contribution is 9.10. The molecule has 0 atom stereocenters. The summed E-state index contributed by atoms with van der Waals surface area (Å²) >= 11 is 9.95. The minimum absolute atomic E-state index is 0.0714. The first kappa shape index (κ1) is 25.3. The van der Waals surface area contributed by atoms with Gasteiger partial charge in [0, 0.05) is 10.2 Å². The number of anilines is 1. The Morgan fingerprint density at radius 3 is 2.61 bits per heavy atom. The monoisotopic (exact) mass is 560 g/mol. The zero-order valence-electron chi connectivity index (χ0n) is 19.4. The Morgan fingerprint density at radius 1 is 1.06 bits per heavy atom. The van der Waals surface area contributed by atoms with E-state index in [-0.39, 0.29) is 5.57 Å². The van der Waals surface area contributed by atoms with Gasteiger partial charge in [-0.15, -0.1) is 0 Å². The summed E-state index contributed by atoms with van der Waals surface area (Å²) in [5.41, 5.74) is 2.06. The number of carbonyl (C=O) groups excluding carboxylic acids is 1. The van der Waals surface area contributed by atoms with Crippen molar-refractivity contribution in [2.75, 3.05) is 11.9 Å². The molecule has 0 fully saturated rings. The van der Waals surface area contributed by atoms with Crippen molar-refractivity contribution in [3.05, 3.63) is 105 Å². The van der Waals surface area contributed by atoms with E-state index in [1.54, 1.807) is 30.3 Å². The second kappa shape index (κ2) is 11.8. The molecule has 0 spiro atoms. The van der Waals surface area contributed by atoms with Crippen LogP contribution in [-0.4, -0.2) is 12.5 Å². The van der Waals surface area contributed by atoms with Gasteiger partial charge in [-0.25, -0.2) is 0 Å². The van der Waals surface area contributed by atoms with E-state index < -0.39 is 5.91 Å². The number of nitrogens with one attached hydrogen (secondary N) is 1. The predicted molar refractivity (Wildman–Crippen MR) is 147 cm³/mol. The number of hydrogen-bond donors (Lipinski definition) is 1. The molecule has 1 amide bonds. The SMILES string of the molecule is CCOc1cc(/C=C(/C#N)C(=O)Nc2cccc(Br)c2)cc(Cl)c1OCc1cccc2ccccc12. The van der Waals surface area contributed by atoms with Gasteiger partial charge in [0.25, 0.3) is 5.91 Å². The summed E-state index contributed by atoms with van der Waals surface area (Å²) in [4.78, 5) is 12.7. The Morgan fingerprint density at radius 2 is 1.83 bits per heavy atom. The van der Waals surface area contributed by atoms with Gasteiger partial charge in [-0.2, -0.15) is 5.26 Å². The van der Waals surface area contributed by atoms with Crippen LogP contribution in [0, 0.1) is 11.3 Å². The molecule has 7 heteroatoms. The Hall–Kier alpha value is -3.79. The Labute approximate surface area is 223 Å². The summed E-state index contributed by atoms with van der Waals surface area (Å²) in [6.07, 6.45) is 1.47. The van der Waals surface area contributed by atoms with Crippen LogP contribution in [0.25, 0.3) is 16.8 Å². The summed E-state index contributed by atoms with van der Waals surface area (Å²) in [6, 6.07) is 26.6. The number of benzene rings is 4. The number of carbonyl (C=O) groups is 1. The van der Waals surface area contributed by atoms with Crippen molar-refractivity contribution in [3.63, 3.8) is 0 Å². The summed E-state index contributed by atoms with van der Waals surface area (Å²) < 4.78 is 12.7. The highest BCUT2D eigenvalue weighted by atomic mass is 79.9. The van der Waals surface area contributed by atoms with Crippen molar-refractivity contribution in [1.29, 1.82) is 5.26 Å². The van der Waals surface area contributed by atoms with Crippen molar-refractivity contribution in [2.24, 2.45) is 0 Å². The van der Waals surface area contributed by atoms with Gasteiger partial charge in [0.2, 0.25) is 0 Å². The van der Waals surface area contributed by atoms with Gasteiger partial charge in [-0.1, -0.05) is 76.1 Å². The molecule has 1 N–H and O–H groups in total. The maximum absolute atomic E-state index is 12.7. The number of amides is 1. The minimum atomic E-state index is -0.527. The van der Waals surface area contributed by atoms with Crippen LogP contribution in [-0.2, 0) is 11.4 Å². The molecule has 4 rings (SSSR count). The van der Waals surface area contributed by atoms with E-state index >= 15 is 0 Å². The number of rotatable bonds is 8. The van der Waals surface area contributed by atoms with Crippen LogP contribution in [0.3, 0.4) is 0 Å². The van der Waals surface area contributed by atoms with E-state index in [2.05, 4.69) is 39.4 Å². The van der Waals surface area contributed by atoms with E-state index in [4.69, 9.17) is 21.1 Å². The van der Waals surface area contributed by atoms with Gasteiger partial charge in [0.1, 0.15) is 18.2 Å². The summed E-state index contributed by atoms with van der Waals surface area (Å²) in [7, 11) is 0. The van der Waals surface area contributed by atoms with Crippen LogP contribution in [0.15, 0.2) is 88.9 Å². The normalized spacial score (nSPS) is 11.1. The van der Waals surface area contributed by atoms with Crippen molar-refractivity contribution in [1.82, 2.24) is 0 Å². The van der Waals surface area contributed by atoms with Crippen LogP contribution in [0.4, 0.5) is 5.69 Å². The number of fused-ring (bicyclic) bond motifs is 1. The highest BCUT2D eigenvalue weighted by Crippen LogP contribution is 2.38. The minimum Gasteiger partial charge on any atom is -0.490 e. The molecule has 4 aromatic carbocycles. The van der Waals surface area contributed by atoms with Gasteiger partial charge >= 0.3 is 0 Å². The van der Waals surface area contributed by atoms with E-state index in [0.717, 1.165) is 20.8 Å². The molecule has 180 valence electrons. The third-order valence-corrected chi connectivity index (χ3v) is 6.12. The summed E-state index contributed by atoms with van der Waals surface area (Å²) in [5.74, 6) is 0.308. The van der Waals surface area contributed by atoms with E-state index in [1.165, 1.54) is 6.08 Å². The quantitative estimate of drug-likeness (QED) is 0.176. The molecular weight excluding hydrogens is 540 g/mol. The van der Waals surface area contributed by atoms with Gasteiger partial charge in [0.15, 0.2) is 11.5 Å². The fourth-order valence-corrected chi connectivity index (χ4v) is 4.40. The zero-order chi connectivity index (χ0) is 25.5. The predicted octanol–water partition coefficient (Wildman–Crippen LogP) is 7.78. The number of ether oxygens (including phenoxy) is 2. The van der Waals surface area contributed by atoms with Crippen LogP contribution in [0.5, 0.6) is 11.5 Å². The van der Waals surface area contributed by atoms with Gasteiger partial charge in [-0.05, 0) is 65.2 Å². The molecular formula is C29H22BrClN2O3. The van der Waals surface area contributed by atoms with E-state index in [0.29, 0.717) is 41.0 Å². The molecule has 0 aliphatic heterocycles. The fraction of sp³-hybridized carbons (Fsp3) is 0.103. The van der Waals surface area contributed by atoms with Crippen LogP contribution in [0.1, 0.15) is 18.1 Å². The number of nitriles is 1. The first-order valence-electron chi connectivity index (χ1n) is 11.2. The molecule has 0 aromatic heterocycles. The maximum atomic E-state index is 12.7. The molecule has 0 saturated heterocycles. The average Bonchev–Trinajstić information content (AvgIpc) is 2.87. The van der Waals surface area contributed by atoms with E-state index in [9.17, 15) is 10.1 Å². The summed E-state index contributed by atoms with van der Waals surface area (Å²) in [6.45, 7) is 2.55. The molecule has 0 saturated carbocycles. The van der Waals surface area contributed by atoms with Crippen LogP contribution < -0.4 is 14.8 Å². The molecule has 0 radical (unpaired) electrons. The van der Waals surface area contributed by atoms with E-state index in [1.807, 2.05) is 43.3 Å². The van der Waals surface area contributed by atoms with Crippen molar-refractivity contribution in [3.8, 4) is 17.6 Å². The lowest BCUT2D eigenvalue weighted by Gasteiger charge is -2.15. The molecule has 0 aliphatic carbocycles. The number of nitrogens with zero attached hydrogens (tertiary/aromatic N) is 1. The van der Waals surface area contributed by atoms with Gasteiger partial charge in [0.05, 0.1) is 11.6 Å². The second-order valence-electron chi connectivity index (χ2n) is 7.82. The lowest BCUT2D eigenvalue weighted by molar-refractivity contribution is -0.112. The first-order valence-corrected chi connectivity index (χ1v) is 12.4. The molecule has 36 heavy (non-hydrogen) atoms. The Kier molecular flexibility index (Phi) is 8.27. The summed E-state index contributed by atoms with van der Waals surface area (Å²) in [5, 5.41) is 14.9. The first-order chi connectivity index (χ1) is 17.5. The smallest absolute Gasteiger partial charge is 0.266 e. The third-order valence-electron chi connectivity index (χ3n) is 5.34. The largest absolute Gasteiger partial charge is 0.490 e. The van der Waals surface area contributed by atoms with Crippen molar-refractivity contribution in [2.45, 2.75) is 13.5 Å². The molecule has 0 bridgehead atoms. The molecule has 4 aromatic rings. The van der Waals surface area contributed by atoms with Crippen molar-refractivity contribution < 1.29 is 14.3 Å². The Bertz CT molecular complexity index is 1490. The molecule has 0 aliphatic rings. The lowest BCUT2D eigenvalue weighted by atomic mass is 10.1. The molecule has 5 nitrogen and oxygen atoms in total. The second-order valence-corrected chi connectivity index (χ2v) is 9.15. The maximum Gasteiger partial charge on any atom is 0.266 e. The molecule has 0 unspecified atom stereocenters. The Balaban J connectivity index is 1.59. The van der Waals surface area contributed by atoms with Crippen LogP contribution >= 0.6 is 27.5 Å². The fourth-order valence-electron chi connectivity index (χ4n) is 3.72. The molecule has 0 heterocycles. The van der Waals surface area contributed by atoms with Gasteiger partial charge < -0.3 is 14.8 Å². The highest BCUT2D eigenvalue weighted by Gasteiger charge is 2.15. The third kappa shape index (κ3) is 6.06. The standard InChI is InChI=1S/C29H22BrClN2O3/c1-2-35-27-15-19(13-22(17-32)29(34)33-24-11-6-10-23(30)16-24)14-26(31)28(27)36-18-21-9-5-8-20-7-3-4-12-25(20)21/h3-16H,2,18H2,1H3,(H,33,34)/b22-13-. The average molecular weight is 562 g/mol.